The van der Waals surface area contributed by atoms with Gasteiger partial charge < -0.3 is 5.11 Å². The number of carbonyl (C=O) groups is 3. The topological polar surface area (TPSA) is 71.4 Å². The van der Waals surface area contributed by atoms with E-state index in [1.807, 2.05) is 0 Å². The van der Waals surface area contributed by atoms with Gasteiger partial charge in [-0.15, -0.1) is 0 Å². The molecule has 0 atom stereocenters. The van der Waals surface area contributed by atoms with E-state index in [1.54, 1.807) is 6.92 Å². The van der Waals surface area contributed by atoms with Crippen molar-refractivity contribution in [2.45, 2.75) is 26.2 Å². The number of rotatable bonds is 3. The van der Waals surface area contributed by atoms with Crippen LogP contribution in [0.5, 0.6) is 0 Å². The van der Waals surface area contributed by atoms with Crippen LogP contribution in [-0.4, -0.2) is 29.1 Å². The molecule has 0 radical (unpaired) electrons. The summed E-state index contributed by atoms with van der Waals surface area (Å²) >= 11 is 0. The summed E-state index contributed by atoms with van der Waals surface area (Å²) in [7, 11) is 0. The smallest absolute Gasteiger partial charge is 0.151 e. The number of aliphatic hydroxyl groups is 1. The summed E-state index contributed by atoms with van der Waals surface area (Å²) in [6.45, 7) is 1.48. The largest absolute Gasteiger partial charge is 0.396 e. The van der Waals surface area contributed by atoms with E-state index in [4.69, 9.17) is 5.11 Å². The first-order chi connectivity index (χ1) is 6.60. The van der Waals surface area contributed by atoms with Gasteiger partial charge in [0.05, 0.1) is 0 Å². The number of aliphatic hydroxyl groups excluding tert-OH is 1. The summed E-state index contributed by atoms with van der Waals surface area (Å²) in [5, 5.41) is 8.82. The van der Waals surface area contributed by atoms with Crippen molar-refractivity contribution in [2.24, 2.45) is 11.8 Å². The van der Waals surface area contributed by atoms with Crippen molar-refractivity contribution in [1.82, 2.24) is 0 Å². The predicted molar refractivity (Wildman–Crippen MR) is 48.6 cm³/mol. The third-order valence-corrected chi connectivity index (χ3v) is 2.55. The average Bonchev–Trinajstić information content (AvgIpc) is 2.16. The third-order valence-electron chi connectivity index (χ3n) is 2.55. The van der Waals surface area contributed by atoms with Gasteiger partial charge in [-0.25, -0.2) is 0 Å². The first-order valence-electron chi connectivity index (χ1n) is 4.79. The van der Waals surface area contributed by atoms with E-state index in [2.05, 4.69) is 0 Å². The Hall–Kier alpha value is -1.03. The lowest BCUT2D eigenvalue weighted by molar-refractivity contribution is -0.143. The molecule has 0 aromatic rings. The maximum Gasteiger partial charge on any atom is 0.151 e. The molecule has 1 saturated carbocycles. The van der Waals surface area contributed by atoms with Crippen LogP contribution in [0.15, 0.2) is 0 Å². The fraction of sp³-hybridized carbons (Fsp3) is 0.700. The fourth-order valence-electron chi connectivity index (χ4n) is 1.75. The lowest BCUT2D eigenvalue weighted by Crippen LogP contribution is -2.39. The van der Waals surface area contributed by atoms with Gasteiger partial charge in [0.1, 0.15) is 5.92 Å². The molecule has 0 amide bonds. The highest BCUT2D eigenvalue weighted by molar-refractivity contribution is 6.20. The van der Waals surface area contributed by atoms with Gasteiger partial charge in [0, 0.05) is 25.9 Å². The van der Waals surface area contributed by atoms with Crippen LogP contribution in [0.2, 0.25) is 0 Å². The molecule has 0 bridgehead atoms. The lowest BCUT2D eigenvalue weighted by Gasteiger charge is -2.23. The normalized spacial score (nSPS) is 27.9. The molecular formula is C10H14O4. The quantitative estimate of drug-likeness (QED) is 0.654. The van der Waals surface area contributed by atoms with Crippen molar-refractivity contribution in [2.75, 3.05) is 6.61 Å². The molecule has 0 saturated heterocycles. The minimum Gasteiger partial charge on any atom is -0.396 e. The highest BCUT2D eigenvalue weighted by Crippen LogP contribution is 2.24. The third kappa shape index (κ3) is 2.07. The van der Waals surface area contributed by atoms with Crippen molar-refractivity contribution in [1.29, 1.82) is 0 Å². The predicted octanol–water partition coefficient (Wildman–Crippen LogP) is 0.122. The zero-order chi connectivity index (χ0) is 10.7. The zero-order valence-electron chi connectivity index (χ0n) is 8.16. The molecule has 0 aromatic carbocycles. The van der Waals surface area contributed by atoms with Crippen LogP contribution in [0.4, 0.5) is 0 Å². The van der Waals surface area contributed by atoms with Gasteiger partial charge in [-0.05, 0) is 5.92 Å². The van der Waals surface area contributed by atoms with Crippen LogP contribution < -0.4 is 0 Å². The molecule has 1 fully saturated rings. The number of hydrogen-bond acceptors (Lipinski definition) is 4. The van der Waals surface area contributed by atoms with Crippen LogP contribution in [0.3, 0.4) is 0 Å². The second-order valence-electron chi connectivity index (χ2n) is 3.64. The van der Waals surface area contributed by atoms with Crippen LogP contribution in [-0.2, 0) is 14.4 Å². The van der Waals surface area contributed by atoms with E-state index in [0.29, 0.717) is 0 Å². The standard InChI is InChI=1S/C10H14O4/c1-2-7(12)10-8(13)3-6(5-11)4-9(10)14/h6,10-11H,2-5H2,1H3. The van der Waals surface area contributed by atoms with E-state index < -0.39 is 5.92 Å². The van der Waals surface area contributed by atoms with Gasteiger partial charge in [0.15, 0.2) is 17.3 Å². The highest BCUT2D eigenvalue weighted by atomic mass is 16.3. The highest BCUT2D eigenvalue weighted by Gasteiger charge is 2.38. The average molecular weight is 198 g/mol. The van der Waals surface area contributed by atoms with Crippen molar-refractivity contribution in [3.8, 4) is 0 Å². The summed E-state index contributed by atoms with van der Waals surface area (Å²) in [4.78, 5) is 34.1. The fourth-order valence-corrected chi connectivity index (χ4v) is 1.75. The minimum atomic E-state index is -1.04. The van der Waals surface area contributed by atoms with Crippen LogP contribution in [0.25, 0.3) is 0 Å². The van der Waals surface area contributed by atoms with Crippen molar-refractivity contribution < 1.29 is 19.5 Å². The van der Waals surface area contributed by atoms with E-state index in [9.17, 15) is 14.4 Å². The second kappa shape index (κ2) is 4.46. The summed E-state index contributed by atoms with van der Waals surface area (Å²) in [5.41, 5.74) is 0. The first-order valence-corrected chi connectivity index (χ1v) is 4.79. The van der Waals surface area contributed by atoms with E-state index >= 15 is 0 Å². The maximum absolute atomic E-state index is 11.4. The summed E-state index contributed by atoms with van der Waals surface area (Å²) in [6.07, 6.45) is 0.517. The van der Waals surface area contributed by atoms with Gasteiger partial charge in [0.25, 0.3) is 0 Å². The number of carbonyl (C=O) groups excluding carboxylic acids is 3. The maximum atomic E-state index is 11.4. The van der Waals surface area contributed by atoms with E-state index in [-0.39, 0.29) is 49.1 Å². The van der Waals surface area contributed by atoms with Gasteiger partial charge in [-0.1, -0.05) is 6.92 Å². The Morgan fingerprint density at radius 1 is 1.36 bits per heavy atom. The number of ketones is 3. The molecule has 1 aliphatic rings. The Morgan fingerprint density at radius 3 is 2.21 bits per heavy atom. The van der Waals surface area contributed by atoms with Crippen molar-refractivity contribution in [3.63, 3.8) is 0 Å². The minimum absolute atomic E-state index is 0.151. The van der Waals surface area contributed by atoms with Gasteiger partial charge in [0.2, 0.25) is 0 Å². The molecular weight excluding hydrogens is 184 g/mol. The van der Waals surface area contributed by atoms with E-state index in [1.165, 1.54) is 0 Å². The van der Waals surface area contributed by atoms with Crippen LogP contribution >= 0.6 is 0 Å². The molecule has 0 unspecified atom stereocenters. The Balaban J connectivity index is 2.75. The molecule has 0 aromatic heterocycles. The molecule has 1 N–H and O–H groups in total. The van der Waals surface area contributed by atoms with Crippen LogP contribution in [0.1, 0.15) is 26.2 Å². The Labute approximate surface area is 82.3 Å². The molecule has 14 heavy (non-hydrogen) atoms. The van der Waals surface area contributed by atoms with Gasteiger partial charge in [-0.2, -0.15) is 0 Å². The Bertz CT molecular complexity index is 251. The zero-order valence-corrected chi connectivity index (χ0v) is 8.16. The molecule has 0 aliphatic heterocycles. The molecule has 78 valence electrons. The van der Waals surface area contributed by atoms with Crippen molar-refractivity contribution >= 4 is 17.3 Å². The van der Waals surface area contributed by atoms with Gasteiger partial charge >= 0.3 is 0 Å². The molecule has 1 rings (SSSR count). The summed E-state index contributed by atoms with van der Waals surface area (Å²) < 4.78 is 0. The SMILES string of the molecule is CCC(=O)C1C(=O)CC(CO)CC1=O. The lowest BCUT2D eigenvalue weighted by atomic mass is 9.78. The Kier molecular flexibility index (Phi) is 3.52. The monoisotopic (exact) mass is 198 g/mol. The van der Waals surface area contributed by atoms with Crippen LogP contribution in [0, 0.1) is 11.8 Å². The first kappa shape index (κ1) is 11.0. The molecule has 1 aliphatic carbocycles. The Morgan fingerprint density at radius 2 is 1.86 bits per heavy atom. The van der Waals surface area contributed by atoms with Crippen molar-refractivity contribution in [3.05, 3.63) is 0 Å². The number of Topliss-reactive ketones (excluding diaryl/α,β-unsaturated/α-hetero) is 3. The number of hydrogen-bond donors (Lipinski definition) is 1. The second-order valence-corrected chi connectivity index (χ2v) is 3.64. The molecule has 4 nitrogen and oxygen atoms in total. The summed E-state index contributed by atoms with van der Waals surface area (Å²) in [6, 6.07) is 0. The summed E-state index contributed by atoms with van der Waals surface area (Å²) in [5.74, 6) is -2.27. The van der Waals surface area contributed by atoms with E-state index in [0.717, 1.165) is 0 Å². The molecule has 0 spiro atoms. The van der Waals surface area contributed by atoms with Gasteiger partial charge in [-0.3, -0.25) is 14.4 Å². The molecule has 0 heterocycles. The molecule has 4 heteroatoms.